The molecule has 5 N–H and O–H groups in total. The number of carboxylic acids is 1. The van der Waals surface area contributed by atoms with Gasteiger partial charge in [0, 0.05) is 20.0 Å². The van der Waals surface area contributed by atoms with Crippen LogP contribution in [0, 0.1) is 13.8 Å². The average Bonchev–Trinajstić information content (AvgIpc) is 3.51. The molecule has 202 valence electrons. The van der Waals surface area contributed by atoms with Crippen molar-refractivity contribution >= 4 is 40.4 Å². The molecule has 2 aromatic carbocycles. The standard InChI is InChI=1S/C27H23N7O6/c1-13-7-15(3-5-17(13)27(38)39)10-30-26(37)20-9-19(33-24-22(23(28)35)31-12-34(20)24)25(36)29-11-16-4-6-21-18(8-16)32-14(2)40-21/h3-9,12H,10-11H2,1-2H3,(H2,28,35)(H,29,36)(H,30,37)(H,38,39). The fraction of sp³-hybridized carbons (Fsp3) is 0.148. The van der Waals surface area contributed by atoms with E-state index in [9.17, 15) is 24.3 Å². The largest absolute Gasteiger partial charge is 0.478 e. The summed E-state index contributed by atoms with van der Waals surface area (Å²) in [6.45, 7) is 3.62. The highest BCUT2D eigenvalue weighted by Gasteiger charge is 2.21. The number of fused-ring (bicyclic) bond motifs is 2. The summed E-state index contributed by atoms with van der Waals surface area (Å²) in [6.07, 6.45) is 1.22. The van der Waals surface area contributed by atoms with Crippen LogP contribution >= 0.6 is 0 Å². The second-order valence-corrected chi connectivity index (χ2v) is 9.03. The number of aryl methyl sites for hydroxylation is 2. The Bertz CT molecular complexity index is 1840. The summed E-state index contributed by atoms with van der Waals surface area (Å²) in [5.41, 5.74) is 8.47. The van der Waals surface area contributed by atoms with E-state index in [4.69, 9.17) is 10.2 Å². The molecule has 0 saturated carbocycles. The van der Waals surface area contributed by atoms with E-state index in [-0.39, 0.29) is 41.4 Å². The van der Waals surface area contributed by atoms with Crippen LogP contribution in [0.15, 0.2) is 53.2 Å². The Balaban J connectivity index is 1.39. The van der Waals surface area contributed by atoms with Gasteiger partial charge in [-0.3, -0.25) is 18.8 Å². The topological polar surface area (TPSA) is 195 Å². The lowest BCUT2D eigenvalue weighted by Gasteiger charge is -2.11. The molecule has 0 fully saturated rings. The Hall–Kier alpha value is -5.59. The molecule has 5 rings (SSSR count). The van der Waals surface area contributed by atoms with Crippen molar-refractivity contribution in [3.8, 4) is 0 Å². The van der Waals surface area contributed by atoms with E-state index >= 15 is 0 Å². The van der Waals surface area contributed by atoms with Gasteiger partial charge in [0.2, 0.25) is 0 Å². The van der Waals surface area contributed by atoms with Gasteiger partial charge in [-0.2, -0.15) is 0 Å². The smallest absolute Gasteiger partial charge is 0.335 e. The number of rotatable bonds is 8. The molecule has 3 heterocycles. The molecule has 13 heteroatoms. The Morgan fingerprint density at radius 2 is 1.65 bits per heavy atom. The van der Waals surface area contributed by atoms with Crippen LogP contribution in [0.4, 0.5) is 0 Å². The monoisotopic (exact) mass is 541 g/mol. The van der Waals surface area contributed by atoms with Gasteiger partial charge in [-0.1, -0.05) is 18.2 Å². The average molecular weight is 542 g/mol. The first kappa shape index (κ1) is 26.0. The van der Waals surface area contributed by atoms with Gasteiger partial charge in [0.05, 0.1) is 5.56 Å². The number of carboxylic acid groups (broad SMARTS) is 1. The van der Waals surface area contributed by atoms with Crippen molar-refractivity contribution < 1.29 is 28.7 Å². The van der Waals surface area contributed by atoms with Gasteiger partial charge >= 0.3 is 5.97 Å². The fourth-order valence-electron chi connectivity index (χ4n) is 4.26. The molecule has 0 unspecified atom stereocenters. The first-order valence-corrected chi connectivity index (χ1v) is 12.0. The van der Waals surface area contributed by atoms with Gasteiger partial charge in [0.15, 0.2) is 22.8 Å². The molecule has 0 aliphatic heterocycles. The Labute approximate surface area is 226 Å². The van der Waals surface area contributed by atoms with Gasteiger partial charge in [-0.05, 0) is 47.9 Å². The number of primary amides is 1. The lowest BCUT2D eigenvalue weighted by molar-refractivity contribution is 0.0695. The molecular formula is C27H23N7O6. The Morgan fingerprint density at radius 3 is 2.35 bits per heavy atom. The molecule has 0 aliphatic rings. The molecular weight excluding hydrogens is 518 g/mol. The number of amides is 3. The lowest BCUT2D eigenvalue weighted by Crippen LogP contribution is -2.28. The van der Waals surface area contributed by atoms with Crippen molar-refractivity contribution in [2.75, 3.05) is 0 Å². The maximum atomic E-state index is 13.2. The number of nitrogens with one attached hydrogen (secondary N) is 2. The number of oxazole rings is 1. The van der Waals surface area contributed by atoms with Crippen LogP contribution in [0.2, 0.25) is 0 Å². The van der Waals surface area contributed by atoms with Crippen molar-refractivity contribution in [1.29, 1.82) is 0 Å². The highest BCUT2D eigenvalue weighted by atomic mass is 16.4. The predicted octanol–water partition coefficient (Wildman–Crippen LogP) is 2.14. The van der Waals surface area contributed by atoms with Gasteiger partial charge in [-0.15, -0.1) is 0 Å². The van der Waals surface area contributed by atoms with Gasteiger partial charge in [-0.25, -0.2) is 19.7 Å². The minimum atomic E-state index is -1.04. The number of benzene rings is 2. The van der Waals surface area contributed by atoms with Crippen LogP contribution in [0.25, 0.3) is 16.7 Å². The van der Waals surface area contributed by atoms with Crippen molar-refractivity contribution in [3.05, 3.63) is 94.0 Å². The number of nitrogens with two attached hydrogens (primary N) is 1. The fourth-order valence-corrected chi connectivity index (χ4v) is 4.26. The molecule has 0 atom stereocenters. The first-order valence-electron chi connectivity index (χ1n) is 12.0. The van der Waals surface area contributed by atoms with Gasteiger partial charge in [0.1, 0.15) is 23.2 Å². The molecule has 40 heavy (non-hydrogen) atoms. The number of hydrogen-bond acceptors (Lipinski definition) is 8. The molecule has 0 saturated heterocycles. The normalized spacial score (nSPS) is 11.1. The van der Waals surface area contributed by atoms with E-state index in [2.05, 4.69) is 25.6 Å². The summed E-state index contributed by atoms with van der Waals surface area (Å²) in [4.78, 5) is 62.0. The SMILES string of the molecule is Cc1nc2cc(CNC(=O)c3cc(C(=O)NCc4ccc(C(=O)O)c(C)c4)n4cnc(C(N)=O)c4n3)ccc2o1. The third kappa shape index (κ3) is 5.07. The van der Waals surface area contributed by atoms with Gasteiger partial charge in [0.25, 0.3) is 17.7 Å². The number of imidazole rings is 1. The molecule has 13 nitrogen and oxygen atoms in total. The predicted molar refractivity (Wildman–Crippen MR) is 141 cm³/mol. The third-order valence-electron chi connectivity index (χ3n) is 6.19. The molecule has 0 aliphatic carbocycles. The Kier molecular flexibility index (Phi) is 6.69. The number of aromatic nitrogens is 4. The molecule has 5 aromatic rings. The molecule has 3 amide bonds. The van der Waals surface area contributed by atoms with Crippen molar-refractivity contribution in [3.63, 3.8) is 0 Å². The van der Waals surface area contributed by atoms with E-state index in [0.29, 0.717) is 28.1 Å². The Morgan fingerprint density at radius 1 is 0.950 bits per heavy atom. The van der Waals surface area contributed by atoms with Gasteiger partial charge < -0.3 is 25.9 Å². The second kappa shape index (κ2) is 10.3. The van der Waals surface area contributed by atoms with Crippen molar-refractivity contribution in [1.82, 2.24) is 30.0 Å². The summed E-state index contributed by atoms with van der Waals surface area (Å²) < 4.78 is 6.74. The number of carbonyl (C=O) groups is 4. The van der Waals surface area contributed by atoms with Crippen molar-refractivity contribution in [2.24, 2.45) is 5.73 Å². The third-order valence-corrected chi connectivity index (χ3v) is 6.19. The number of carbonyl (C=O) groups excluding carboxylic acids is 3. The minimum Gasteiger partial charge on any atom is -0.478 e. The lowest BCUT2D eigenvalue weighted by atomic mass is 10.1. The second-order valence-electron chi connectivity index (χ2n) is 9.03. The zero-order chi connectivity index (χ0) is 28.6. The summed E-state index contributed by atoms with van der Waals surface area (Å²) in [7, 11) is 0. The maximum absolute atomic E-state index is 13.2. The van der Waals surface area contributed by atoms with E-state index in [0.717, 1.165) is 5.56 Å². The minimum absolute atomic E-state index is 0.00600. The first-order chi connectivity index (χ1) is 19.1. The molecule has 0 bridgehead atoms. The van der Waals surface area contributed by atoms with Crippen LogP contribution in [0.3, 0.4) is 0 Å². The van der Waals surface area contributed by atoms with Crippen molar-refractivity contribution in [2.45, 2.75) is 26.9 Å². The van der Waals surface area contributed by atoms with Crippen LogP contribution in [-0.2, 0) is 13.1 Å². The molecule has 0 radical (unpaired) electrons. The number of aromatic carboxylic acids is 1. The van der Waals surface area contributed by atoms with Crippen LogP contribution in [-0.4, -0.2) is 48.2 Å². The number of hydrogen-bond donors (Lipinski definition) is 4. The quantitative estimate of drug-likeness (QED) is 0.227. The van der Waals surface area contributed by atoms with E-state index < -0.39 is 23.7 Å². The summed E-state index contributed by atoms with van der Waals surface area (Å²) in [5.74, 6) is -2.56. The van der Waals surface area contributed by atoms with E-state index in [1.807, 2.05) is 0 Å². The summed E-state index contributed by atoms with van der Waals surface area (Å²) in [6, 6.07) is 11.3. The van der Waals surface area contributed by atoms with E-state index in [1.54, 1.807) is 44.2 Å². The summed E-state index contributed by atoms with van der Waals surface area (Å²) in [5, 5.41) is 14.7. The van der Waals surface area contributed by atoms with E-state index in [1.165, 1.54) is 22.9 Å². The number of nitrogens with zero attached hydrogens (tertiary/aromatic N) is 4. The summed E-state index contributed by atoms with van der Waals surface area (Å²) >= 11 is 0. The highest BCUT2D eigenvalue weighted by Crippen LogP contribution is 2.18. The zero-order valence-corrected chi connectivity index (χ0v) is 21.4. The zero-order valence-electron chi connectivity index (χ0n) is 21.4. The van der Waals surface area contributed by atoms with Crippen LogP contribution in [0.1, 0.15) is 64.4 Å². The maximum Gasteiger partial charge on any atom is 0.335 e. The highest BCUT2D eigenvalue weighted by molar-refractivity contribution is 6.01. The molecule has 0 spiro atoms. The van der Waals surface area contributed by atoms with Crippen LogP contribution < -0.4 is 16.4 Å². The van der Waals surface area contributed by atoms with Crippen LogP contribution in [0.5, 0.6) is 0 Å². The molecule has 3 aromatic heterocycles.